The number of hydrogen-bond donors (Lipinski definition) is 0. The molecule has 8 heteroatoms. The van der Waals surface area contributed by atoms with E-state index in [1.54, 1.807) is 35.9 Å². The Labute approximate surface area is 160 Å². The zero-order valence-corrected chi connectivity index (χ0v) is 15.1. The Morgan fingerprint density at radius 3 is 1.86 bits per heavy atom. The average molecular weight is 391 g/mol. The summed E-state index contributed by atoms with van der Waals surface area (Å²) < 4.78 is 45.7. The van der Waals surface area contributed by atoms with Crippen molar-refractivity contribution >= 4 is 13.2 Å². The number of aromatic nitrogens is 1. The summed E-state index contributed by atoms with van der Waals surface area (Å²) in [7, 11) is -4.39. The van der Waals surface area contributed by atoms with Gasteiger partial charge < -0.3 is 22.0 Å². The van der Waals surface area contributed by atoms with Crippen LogP contribution in [0.3, 0.4) is 0 Å². The minimum Gasteiger partial charge on any atom is -0.497 e. The summed E-state index contributed by atoms with van der Waals surface area (Å²) in [6.07, 6.45) is 4.48. The minimum atomic E-state index is -6.00. The third-order valence-electron chi connectivity index (χ3n) is 3.72. The molecule has 0 aliphatic rings. The lowest BCUT2D eigenvalue weighted by Gasteiger charge is -2.02. The predicted octanol–water partition coefficient (Wildman–Crippen LogP) is 4.56. The number of carbonyl (C=O) groups is 1. The maximum absolute atomic E-state index is 12.4. The van der Waals surface area contributed by atoms with Crippen LogP contribution < -0.4 is 9.30 Å². The molecule has 0 unspecified atom stereocenters. The van der Waals surface area contributed by atoms with Gasteiger partial charge in [0.1, 0.15) is 5.75 Å². The van der Waals surface area contributed by atoms with Crippen LogP contribution in [0, 0.1) is 0 Å². The van der Waals surface area contributed by atoms with E-state index < -0.39 is 7.25 Å². The summed E-state index contributed by atoms with van der Waals surface area (Å²) in [5, 5.41) is 0. The fraction of sp³-hybridized carbons (Fsp3) is 0.100. The number of nitrogens with zero attached hydrogens (tertiary/aromatic N) is 1. The Hall–Kier alpha value is -3.16. The van der Waals surface area contributed by atoms with E-state index in [9.17, 15) is 22.1 Å². The molecule has 0 saturated carbocycles. The van der Waals surface area contributed by atoms with Gasteiger partial charge in [0.25, 0.3) is 0 Å². The first-order chi connectivity index (χ1) is 13.3. The van der Waals surface area contributed by atoms with Crippen LogP contribution in [0.15, 0.2) is 79.1 Å². The maximum Gasteiger partial charge on any atom is 0.673 e. The monoisotopic (exact) mass is 391 g/mol. The molecular weight excluding hydrogens is 373 g/mol. The molecule has 0 radical (unpaired) electrons. The average Bonchev–Trinajstić information content (AvgIpc) is 2.68. The molecule has 0 bridgehead atoms. The molecule has 0 aliphatic heterocycles. The van der Waals surface area contributed by atoms with Crippen LogP contribution in [-0.4, -0.2) is 20.3 Å². The summed E-state index contributed by atoms with van der Waals surface area (Å²) in [5.74, 6) is 0.684. The third kappa shape index (κ3) is 7.22. The Kier molecular flexibility index (Phi) is 7.32. The molecule has 1 aromatic heterocycles. The number of methoxy groups -OCH3 is 1. The zero-order valence-electron chi connectivity index (χ0n) is 15.1. The van der Waals surface area contributed by atoms with Gasteiger partial charge in [0.15, 0.2) is 12.4 Å². The SMILES string of the molecule is COc1ccc(C(=O)[n+]2ccc(Cc3ccccc3)cc2)cc1.F[B-](F)(F)F. The molecule has 0 amide bonds. The van der Waals surface area contributed by atoms with Crippen molar-refractivity contribution in [2.24, 2.45) is 0 Å². The highest BCUT2D eigenvalue weighted by Crippen LogP contribution is 2.11. The summed E-state index contributed by atoms with van der Waals surface area (Å²) >= 11 is 0. The van der Waals surface area contributed by atoms with Gasteiger partial charge in [-0.1, -0.05) is 30.3 Å². The number of halogens is 4. The first-order valence-electron chi connectivity index (χ1n) is 8.36. The summed E-state index contributed by atoms with van der Waals surface area (Å²) in [4.78, 5) is 12.4. The van der Waals surface area contributed by atoms with E-state index in [1.165, 1.54) is 11.1 Å². The highest BCUT2D eigenvalue weighted by atomic mass is 19.5. The molecule has 3 nitrogen and oxygen atoms in total. The number of ether oxygens (including phenoxy) is 1. The molecule has 0 saturated heterocycles. The molecule has 3 rings (SSSR count). The number of carbonyl (C=O) groups excluding carboxylic acids is 1. The lowest BCUT2D eigenvalue weighted by atomic mass is 10.1. The highest BCUT2D eigenvalue weighted by molar-refractivity contribution is 6.50. The van der Waals surface area contributed by atoms with Gasteiger partial charge in [-0.3, -0.25) is 0 Å². The van der Waals surface area contributed by atoms with Gasteiger partial charge in [-0.25, -0.2) is 4.79 Å². The van der Waals surface area contributed by atoms with Crippen molar-refractivity contribution in [3.8, 4) is 5.75 Å². The van der Waals surface area contributed by atoms with Crippen molar-refractivity contribution in [1.82, 2.24) is 0 Å². The molecule has 146 valence electrons. The fourth-order valence-electron chi connectivity index (χ4n) is 2.42. The Balaban J connectivity index is 0.000000500. The van der Waals surface area contributed by atoms with Gasteiger partial charge in [0.2, 0.25) is 0 Å². The Morgan fingerprint density at radius 1 is 0.857 bits per heavy atom. The van der Waals surface area contributed by atoms with E-state index in [0.717, 1.165) is 12.2 Å². The second-order valence-electron chi connectivity index (χ2n) is 5.80. The lowest BCUT2D eigenvalue weighted by molar-refractivity contribution is -0.570. The van der Waals surface area contributed by atoms with Crippen LogP contribution in [0.1, 0.15) is 21.5 Å². The second-order valence-corrected chi connectivity index (χ2v) is 5.80. The first-order valence-corrected chi connectivity index (χ1v) is 8.36. The number of benzene rings is 2. The van der Waals surface area contributed by atoms with Crippen molar-refractivity contribution in [1.29, 1.82) is 0 Å². The highest BCUT2D eigenvalue weighted by Gasteiger charge is 2.20. The zero-order chi connectivity index (χ0) is 20.6. The normalized spacial score (nSPS) is 10.6. The topological polar surface area (TPSA) is 30.2 Å². The van der Waals surface area contributed by atoms with Crippen molar-refractivity contribution in [2.45, 2.75) is 6.42 Å². The second kappa shape index (κ2) is 9.69. The Bertz CT molecular complexity index is 877. The van der Waals surface area contributed by atoms with Gasteiger partial charge in [0.05, 0.1) is 12.7 Å². The standard InChI is InChI=1S/C20H18NO2.BF4/c1-23-19-9-7-18(8-10-19)20(22)21-13-11-17(12-14-21)15-16-5-3-2-4-6-16;2-1(3,4)5/h2-14H,15H2,1H3;/q+1;-1. The van der Waals surface area contributed by atoms with Crippen molar-refractivity contribution in [3.05, 3.63) is 95.8 Å². The first kappa shape index (κ1) is 21.1. The van der Waals surface area contributed by atoms with Gasteiger partial charge in [-0.15, -0.1) is 4.57 Å². The van der Waals surface area contributed by atoms with E-state index in [1.807, 2.05) is 42.7 Å². The molecule has 0 aliphatic carbocycles. The van der Waals surface area contributed by atoms with Gasteiger partial charge >= 0.3 is 13.2 Å². The molecule has 0 atom stereocenters. The van der Waals surface area contributed by atoms with E-state index in [-0.39, 0.29) is 5.91 Å². The largest absolute Gasteiger partial charge is 0.673 e. The molecule has 0 fully saturated rings. The van der Waals surface area contributed by atoms with Crippen LogP contribution >= 0.6 is 0 Å². The lowest BCUT2D eigenvalue weighted by Crippen LogP contribution is -2.42. The number of pyridine rings is 1. The van der Waals surface area contributed by atoms with Crippen LogP contribution in [0.4, 0.5) is 17.3 Å². The molecule has 2 aromatic carbocycles. The quantitative estimate of drug-likeness (QED) is 0.371. The number of rotatable bonds is 4. The van der Waals surface area contributed by atoms with Crippen LogP contribution in [0.5, 0.6) is 5.75 Å². The van der Waals surface area contributed by atoms with Crippen LogP contribution in [-0.2, 0) is 6.42 Å². The molecule has 1 heterocycles. The van der Waals surface area contributed by atoms with Gasteiger partial charge in [0, 0.05) is 12.1 Å². The van der Waals surface area contributed by atoms with Crippen molar-refractivity contribution in [2.75, 3.05) is 7.11 Å². The molecule has 0 spiro atoms. The number of hydrogen-bond acceptors (Lipinski definition) is 2. The molecular formula is C20H18BF4NO2. The van der Waals surface area contributed by atoms with E-state index in [0.29, 0.717) is 5.56 Å². The van der Waals surface area contributed by atoms with E-state index >= 15 is 0 Å². The molecule has 3 aromatic rings. The summed E-state index contributed by atoms with van der Waals surface area (Å²) in [5.41, 5.74) is 3.06. The maximum atomic E-state index is 12.4. The van der Waals surface area contributed by atoms with Gasteiger partial charge in [-0.2, -0.15) is 0 Å². The minimum absolute atomic E-state index is 0.0566. The molecule has 0 N–H and O–H groups in total. The predicted molar refractivity (Wildman–Crippen MR) is 98.8 cm³/mol. The fourth-order valence-corrected chi connectivity index (χ4v) is 2.42. The third-order valence-corrected chi connectivity index (χ3v) is 3.72. The van der Waals surface area contributed by atoms with Crippen LogP contribution in [0.25, 0.3) is 0 Å². The smallest absolute Gasteiger partial charge is 0.497 e. The van der Waals surface area contributed by atoms with E-state index in [2.05, 4.69) is 12.1 Å². The summed E-state index contributed by atoms with van der Waals surface area (Å²) in [6, 6.07) is 21.4. The Morgan fingerprint density at radius 2 is 1.36 bits per heavy atom. The van der Waals surface area contributed by atoms with Crippen LogP contribution in [0.2, 0.25) is 0 Å². The molecule has 28 heavy (non-hydrogen) atoms. The van der Waals surface area contributed by atoms with Gasteiger partial charge in [-0.05, 0) is 41.8 Å². The summed E-state index contributed by atoms with van der Waals surface area (Å²) in [6.45, 7) is 0. The van der Waals surface area contributed by atoms with E-state index in [4.69, 9.17) is 4.74 Å². The van der Waals surface area contributed by atoms with Crippen molar-refractivity contribution in [3.63, 3.8) is 0 Å². The van der Waals surface area contributed by atoms with Crippen molar-refractivity contribution < 1.29 is 31.4 Å².